The lowest BCUT2D eigenvalue weighted by Gasteiger charge is -1.98. The number of rotatable bonds is 1. The van der Waals surface area contributed by atoms with Gasteiger partial charge in [-0.2, -0.15) is 4.57 Å². The van der Waals surface area contributed by atoms with Gasteiger partial charge >= 0.3 is 0 Å². The van der Waals surface area contributed by atoms with Gasteiger partial charge in [0, 0.05) is 10.1 Å². The molecule has 0 aliphatic heterocycles. The molecule has 0 saturated carbocycles. The molecule has 0 amide bonds. The average Bonchev–Trinajstić information content (AvgIpc) is 2.97. The van der Waals surface area contributed by atoms with Crippen molar-refractivity contribution in [3.8, 4) is 10.6 Å². The highest BCUT2D eigenvalue weighted by Crippen LogP contribution is 2.39. The van der Waals surface area contributed by atoms with Crippen LogP contribution in [0, 0.1) is 6.92 Å². The van der Waals surface area contributed by atoms with Crippen LogP contribution < -0.4 is 4.57 Å². The van der Waals surface area contributed by atoms with E-state index < -0.39 is 0 Å². The predicted octanol–water partition coefficient (Wildman–Crippen LogP) is 4.92. The molecule has 0 unspecified atom stereocenters. The molecule has 0 bridgehead atoms. The third-order valence-corrected chi connectivity index (χ3v) is 6.40. The number of thiazole rings is 1. The Labute approximate surface area is 125 Å². The molecule has 98 valence electrons. The van der Waals surface area contributed by atoms with E-state index in [-0.39, 0.29) is 0 Å². The summed E-state index contributed by atoms with van der Waals surface area (Å²) in [6.45, 7) is 2.18. The van der Waals surface area contributed by atoms with E-state index in [1.54, 1.807) is 0 Å². The van der Waals surface area contributed by atoms with Gasteiger partial charge in [-0.3, -0.25) is 0 Å². The largest absolute Gasteiger partial charge is 0.281 e. The zero-order valence-corrected chi connectivity index (χ0v) is 13.0. The van der Waals surface area contributed by atoms with E-state index in [1.165, 1.54) is 35.8 Å². The van der Waals surface area contributed by atoms with Crippen LogP contribution in [0.1, 0.15) is 5.56 Å². The van der Waals surface area contributed by atoms with Crippen LogP contribution in [0.3, 0.4) is 0 Å². The summed E-state index contributed by atoms with van der Waals surface area (Å²) in [5.74, 6) is 0. The lowest BCUT2D eigenvalue weighted by Crippen LogP contribution is -2.27. The molecule has 0 atom stereocenters. The molecule has 0 aliphatic rings. The SMILES string of the molecule is Cc1ccccc1-c1sc2c3ccccc3sc2[n+]1C. The summed E-state index contributed by atoms with van der Waals surface area (Å²) < 4.78 is 5.12. The lowest BCUT2D eigenvalue weighted by atomic mass is 10.1. The van der Waals surface area contributed by atoms with Gasteiger partial charge in [-0.15, -0.1) is 0 Å². The monoisotopic (exact) mass is 296 g/mol. The minimum atomic E-state index is 1.33. The molecule has 0 radical (unpaired) electrons. The maximum Gasteiger partial charge on any atom is 0.281 e. The molecule has 2 aromatic carbocycles. The molecular weight excluding hydrogens is 282 g/mol. The van der Waals surface area contributed by atoms with Crippen LogP contribution in [-0.4, -0.2) is 0 Å². The molecule has 4 aromatic rings. The minimum absolute atomic E-state index is 1.33. The molecule has 4 rings (SSSR count). The molecule has 0 fully saturated rings. The van der Waals surface area contributed by atoms with E-state index in [2.05, 4.69) is 67.1 Å². The second kappa shape index (κ2) is 4.40. The van der Waals surface area contributed by atoms with Crippen molar-refractivity contribution in [3.63, 3.8) is 0 Å². The van der Waals surface area contributed by atoms with Gasteiger partial charge in [0.25, 0.3) is 9.84 Å². The van der Waals surface area contributed by atoms with Crippen molar-refractivity contribution in [2.75, 3.05) is 0 Å². The molecule has 20 heavy (non-hydrogen) atoms. The Bertz CT molecular complexity index is 931. The summed E-state index contributed by atoms with van der Waals surface area (Å²) in [4.78, 5) is 1.37. The van der Waals surface area contributed by atoms with Gasteiger partial charge in [0.2, 0.25) is 0 Å². The number of nitrogens with zero attached hydrogens (tertiary/aromatic N) is 1. The van der Waals surface area contributed by atoms with Gasteiger partial charge in [0.05, 0.1) is 5.56 Å². The van der Waals surface area contributed by atoms with E-state index in [9.17, 15) is 0 Å². The van der Waals surface area contributed by atoms with Gasteiger partial charge in [-0.05, 0) is 24.6 Å². The Morgan fingerprint density at radius 3 is 2.50 bits per heavy atom. The van der Waals surface area contributed by atoms with E-state index >= 15 is 0 Å². The molecule has 0 N–H and O–H groups in total. The zero-order chi connectivity index (χ0) is 13.7. The van der Waals surface area contributed by atoms with Gasteiger partial charge in [-0.1, -0.05) is 59.1 Å². The molecular formula is C17H14NS2+. The summed E-state index contributed by atoms with van der Waals surface area (Å²) >= 11 is 3.78. The average molecular weight is 296 g/mol. The maximum atomic E-state index is 2.34. The highest BCUT2D eigenvalue weighted by atomic mass is 32.1. The predicted molar refractivity (Wildman–Crippen MR) is 88.6 cm³/mol. The van der Waals surface area contributed by atoms with Crippen molar-refractivity contribution >= 4 is 42.3 Å². The highest BCUT2D eigenvalue weighted by molar-refractivity contribution is 7.32. The fourth-order valence-corrected chi connectivity index (χ4v) is 5.35. The Balaban J connectivity index is 2.07. The fraction of sp³-hybridized carbons (Fsp3) is 0.118. The summed E-state index contributed by atoms with van der Waals surface area (Å²) in [7, 11) is 2.18. The quantitative estimate of drug-likeness (QED) is 0.439. The van der Waals surface area contributed by atoms with Crippen LogP contribution in [0.4, 0.5) is 0 Å². The van der Waals surface area contributed by atoms with Gasteiger partial charge in [0.1, 0.15) is 11.7 Å². The lowest BCUT2D eigenvalue weighted by molar-refractivity contribution is -0.627. The molecule has 1 nitrogen and oxygen atoms in total. The first kappa shape index (κ1) is 12.1. The minimum Gasteiger partial charge on any atom is -0.175 e. The first-order valence-electron chi connectivity index (χ1n) is 6.62. The number of thiophene rings is 1. The number of hydrogen-bond donors (Lipinski definition) is 0. The highest BCUT2D eigenvalue weighted by Gasteiger charge is 2.23. The zero-order valence-electron chi connectivity index (χ0n) is 11.4. The summed E-state index contributed by atoms with van der Waals surface area (Å²) in [6.07, 6.45) is 0. The van der Waals surface area contributed by atoms with Crippen LogP contribution in [0.2, 0.25) is 0 Å². The van der Waals surface area contributed by atoms with E-state index in [0.29, 0.717) is 0 Å². The van der Waals surface area contributed by atoms with Crippen LogP contribution in [0.15, 0.2) is 48.5 Å². The molecule has 2 heterocycles. The van der Waals surface area contributed by atoms with Crippen molar-refractivity contribution in [3.05, 3.63) is 54.1 Å². The number of benzene rings is 2. The number of fused-ring (bicyclic) bond motifs is 3. The fourth-order valence-electron chi connectivity index (χ4n) is 2.63. The van der Waals surface area contributed by atoms with Gasteiger partial charge < -0.3 is 0 Å². The van der Waals surface area contributed by atoms with E-state index in [4.69, 9.17) is 0 Å². The molecule has 0 aliphatic carbocycles. The van der Waals surface area contributed by atoms with Crippen molar-refractivity contribution < 1.29 is 4.57 Å². The third kappa shape index (κ3) is 1.63. The van der Waals surface area contributed by atoms with E-state index in [1.807, 2.05) is 22.7 Å². The Hall–Kier alpha value is -1.71. The standard InChI is InChI=1S/C17H14NS2/c1-11-7-3-4-8-12(11)16-18(2)17-15(20-16)13-9-5-6-10-14(13)19-17/h3-10H,1-2H3/q+1. The summed E-state index contributed by atoms with van der Waals surface area (Å²) in [6, 6.07) is 17.3. The molecule has 3 heteroatoms. The van der Waals surface area contributed by atoms with Crippen LogP contribution in [0.5, 0.6) is 0 Å². The third-order valence-electron chi connectivity index (χ3n) is 3.72. The van der Waals surface area contributed by atoms with Crippen molar-refractivity contribution in [2.45, 2.75) is 6.92 Å². The molecule has 2 aromatic heterocycles. The number of aryl methyl sites for hydroxylation is 2. The second-order valence-corrected chi connectivity index (χ2v) is 7.04. The smallest absolute Gasteiger partial charge is 0.175 e. The Morgan fingerprint density at radius 2 is 1.65 bits per heavy atom. The number of hydrogen-bond acceptors (Lipinski definition) is 2. The van der Waals surface area contributed by atoms with Crippen LogP contribution in [-0.2, 0) is 7.05 Å². The molecule has 0 saturated heterocycles. The number of aromatic nitrogens is 1. The summed E-state index contributed by atoms with van der Waals surface area (Å²) in [5.41, 5.74) is 2.67. The first-order chi connectivity index (χ1) is 9.75. The van der Waals surface area contributed by atoms with E-state index in [0.717, 1.165) is 0 Å². The second-order valence-electron chi connectivity index (χ2n) is 5.01. The normalized spacial score (nSPS) is 11.5. The molecule has 0 spiro atoms. The van der Waals surface area contributed by atoms with Gasteiger partial charge in [0.15, 0.2) is 0 Å². The van der Waals surface area contributed by atoms with Crippen molar-refractivity contribution in [1.29, 1.82) is 0 Å². The van der Waals surface area contributed by atoms with Crippen LogP contribution in [0.25, 0.3) is 30.2 Å². The Kier molecular flexibility index (Phi) is 2.65. The van der Waals surface area contributed by atoms with Crippen molar-refractivity contribution in [2.24, 2.45) is 7.05 Å². The first-order valence-corrected chi connectivity index (χ1v) is 8.25. The Morgan fingerprint density at radius 1 is 0.900 bits per heavy atom. The van der Waals surface area contributed by atoms with Gasteiger partial charge in [-0.25, -0.2) is 0 Å². The maximum absolute atomic E-state index is 2.34. The van der Waals surface area contributed by atoms with Crippen molar-refractivity contribution in [1.82, 2.24) is 0 Å². The topological polar surface area (TPSA) is 3.88 Å². The van der Waals surface area contributed by atoms with Crippen LogP contribution >= 0.6 is 22.7 Å². The summed E-state index contributed by atoms with van der Waals surface area (Å²) in [5, 5.41) is 2.73.